The molecule has 6 heteroatoms. The van der Waals surface area contributed by atoms with Gasteiger partial charge in [0.1, 0.15) is 0 Å². The Morgan fingerprint density at radius 3 is 2.63 bits per heavy atom. The first kappa shape index (κ1) is 13.4. The maximum absolute atomic E-state index is 12.0. The molecule has 5 nitrogen and oxygen atoms in total. The zero-order chi connectivity index (χ0) is 14.0. The van der Waals surface area contributed by atoms with E-state index >= 15 is 0 Å². The number of nitrogens with two attached hydrogens (primary N) is 1. The Balaban J connectivity index is 2.46. The zero-order valence-corrected chi connectivity index (χ0v) is 11.2. The average molecular weight is 280 g/mol. The van der Waals surface area contributed by atoms with Gasteiger partial charge in [-0.25, -0.2) is 4.79 Å². The van der Waals surface area contributed by atoms with Crippen molar-refractivity contribution < 1.29 is 0 Å². The molecule has 0 aliphatic heterocycles. The number of hydrogen-bond donors (Lipinski definition) is 1. The Kier molecular flexibility index (Phi) is 3.76. The summed E-state index contributed by atoms with van der Waals surface area (Å²) in [6.45, 7) is 2.54. The van der Waals surface area contributed by atoms with Gasteiger partial charge in [0.25, 0.3) is 5.56 Å². The predicted octanol–water partition coefficient (Wildman–Crippen LogP) is 1.31. The van der Waals surface area contributed by atoms with Gasteiger partial charge in [0.15, 0.2) is 0 Å². The lowest BCUT2D eigenvalue weighted by Crippen LogP contribution is -2.38. The Bertz CT molecular complexity index is 719. The lowest BCUT2D eigenvalue weighted by Gasteiger charge is -2.09. The van der Waals surface area contributed by atoms with E-state index in [-0.39, 0.29) is 17.8 Å². The third-order valence-electron chi connectivity index (χ3n) is 2.88. The number of hydrogen-bond acceptors (Lipinski definition) is 3. The molecule has 2 N–H and O–H groups in total. The van der Waals surface area contributed by atoms with Gasteiger partial charge in [-0.3, -0.25) is 9.36 Å². The molecule has 0 atom stereocenters. The van der Waals surface area contributed by atoms with Crippen molar-refractivity contribution in [2.45, 2.75) is 20.0 Å². The van der Waals surface area contributed by atoms with Crippen LogP contribution < -0.4 is 17.0 Å². The first-order valence-electron chi connectivity index (χ1n) is 5.87. The summed E-state index contributed by atoms with van der Waals surface area (Å²) in [5.74, 6) is 0. The van der Waals surface area contributed by atoms with E-state index in [0.717, 1.165) is 5.56 Å². The molecule has 0 bridgehead atoms. The Morgan fingerprint density at radius 2 is 2.00 bits per heavy atom. The van der Waals surface area contributed by atoms with E-state index < -0.39 is 0 Å². The van der Waals surface area contributed by atoms with Gasteiger partial charge in [-0.05, 0) is 24.6 Å². The van der Waals surface area contributed by atoms with Gasteiger partial charge in [0, 0.05) is 18.8 Å². The maximum Gasteiger partial charge on any atom is 0.331 e. The van der Waals surface area contributed by atoms with Gasteiger partial charge in [-0.15, -0.1) is 0 Å². The van der Waals surface area contributed by atoms with Crippen LogP contribution in [0.1, 0.15) is 12.5 Å². The molecular formula is C13H14ClN3O2. The molecule has 0 radical (unpaired) electrons. The number of aromatic nitrogens is 2. The predicted molar refractivity (Wildman–Crippen MR) is 75.6 cm³/mol. The molecule has 1 heterocycles. The zero-order valence-electron chi connectivity index (χ0n) is 10.5. The summed E-state index contributed by atoms with van der Waals surface area (Å²) in [5, 5.41) is 0.454. The summed E-state index contributed by atoms with van der Waals surface area (Å²) in [6, 6.07) is 6.44. The summed E-state index contributed by atoms with van der Waals surface area (Å²) in [4.78, 5) is 23.8. The minimum Gasteiger partial charge on any atom is -0.398 e. The van der Waals surface area contributed by atoms with Crippen molar-refractivity contribution in [2.75, 3.05) is 5.73 Å². The molecule has 0 amide bonds. The Labute approximate surface area is 114 Å². The molecule has 19 heavy (non-hydrogen) atoms. The lowest BCUT2D eigenvalue weighted by atomic mass is 10.2. The molecule has 0 aliphatic rings. The highest BCUT2D eigenvalue weighted by Gasteiger charge is 2.06. The molecule has 100 valence electrons. The van der Waals surface area contributed by atoms with Gasteiger partial charge in [-0.1, -0.05) is 17.7 Å². The quantitative estimate of drug-likeness (QED) is 0.862. The van der Waals surface area contributed by atoms with Crippen LogP contribution in [-0.4, -0.2) is 9.13 Å². The molecule has 2 rings (SSSR count). The fraction of sp³-hybridized carbons (Fsp3) is 0.231. The number of rotatable bonds is 3. The molecule has 0 fully saturated rings. The second-order valence-electron chi connectivity index (χ2n) is 4.16. The minimum absolute atomic E-state index is 0.180. The normalized spacial score (nSPS) is 10.6. The fourth-order valence-electron chi connectivity index (χ4n) is 1.82. The highest BCUT2D eigenvalue weighted by atomic mass is 35.5. The van der Waals surface area contributed by atoms with Gasteiger partial charge in [-0.2, -0.15) is 0 Å². The largest absolute Gasteiger partial charge is 0.398 e. The summed E-state index contributed by atoms with van der Waals surface area (Å²) in [6.07, 6.45) is 1.50. The molecule has 0 saturated carbocycles. The van der Waals surface area contributed by atoms with Crippen molar-refractivity contribution in [3.63, 3.8) is 0 Å². The third kappa shape index (κ3) is 2.71. The number of anilines is 1. The van der Waals surface area contributed by atoms with Crippen LogP contribution in [0.15, 0.2) is 40.1 Å². The van der Waals surface area contributed by atoms with Crippen molar-refractivity contribution in [1.29, 1.82) is 0 Å². The van der Waals surface area contributed by atoms with Crippen molar-refractivity contribution >= 4 is 17.3 Å². The van der Waals surface area contributed by atoms with Crippen molar-refractivity contribution in [3.05, 3.63) is 61.9 Å². The van der Waals surface area contributed by atoms with Crippen LogP contribution in [0, 0.1) is 0 Å². The number of halogens is 1. The van der Waals surface area contributed by atoms with E-state index in [0.29, 0.717) is 17.3 Å². The van der Waals surface area contributed by atoms with Crippen LogP contribution in [0.4, 0.5) is 5.69 Å². The van der Waals surface area contributed by atoms with E-state index in [1.165, 1.54) is 21.4 Å². The Hall–Kier alpha value is -2.01. The molecule has 0 spiro atoms. The van der Waals surface area contributed by atoms with E-state index in [2.05, 4.69) is 0 Å². The average Bonchev–Trinajstić information content (AvgIpc) is 2.39. The molecule has 0 aliphatic carbocycles. The van der Waals surface area contributed by atoms with E-state index in [1.807, 2.05) is 6.92 Å². The van der Waals surface area contributed by atoms with Crippen molar-refractivity contribution in [2.24, 2.45) is 0 Å². The van der Waals surface area contributed by atoms with E-state index in [4.69, 9.17) is 17.3 Å². The molecule has 0 saturated heterocycles. The number of nitrogens with zero attached hydrogens (tertiary/aromatic N) is 2. The molecule has 0 unspecified atom stereocenters. The van der Waals surface area contributed by atoms with Crippen molar-refractivity contribution in [3.8, 4) is 0 Å². The van der Waals surface area contributed by atoms with Gasteiger partial charge >= 0.3 is 5.69 Å². The smallest absolute Gasteiger partial charge is 0.331 e. The lowest BCUT2D eigenvalue weighted by molar-refractivity contribution is 0.600. The van der Waals surface area contributed by atoms with Crippen LogP contribution in [0.25, 0.3) is 0 Å². The van der Waals surface area contributed by atoms with Gasteiger partial charge in [0.2, 0.25) is 0 Å². The molecule has 1 aromatic carbocycles. The number of benzene rings is 1. The molecule has 2 aromatic rings. The second-order valence-corrected chi connectivity index (χ2v) is 4.57. The summed E-state index contributed by atoms with van der Waals surface area (Å²) >= 11 is 5.83. The van der Waals surface area contributed by atoms with Crippen molar-refractivity contribution in [1.82, 2.24) is 9.13 Å². The third-order valence-corrected chi connectivity index (χ3v) is 3.23. The first-order valence-corrected chi connectivity index (χ1v) is 6.25. The Morgan fingerprint density at radius 1 is 1.26 bits per heavy atom. The fourth-order valence-corrected chi connectivity index (χ4v) is 1.93. The standard InChI is InChI=1S/C13H14ClN3O2/c1-2-16-6-5-12(18)17(13(16)19)8-9-3-4-10(14)11(15)7-9/h3-7H,2,8,15H2,1H3. The van der Waals surface area contributed by atoms with E-state index in [1.54, 1.807) is 18.2 Å². The summed E-state index contributed by atoms with van der Waals surface area (Å²) < 4.78 is 2.65. The van der Waals surface area contributed by atoms with E-state index in [9.17, 15) is 9.59 Å². The van der Waals surface area contributed by atoms with Gasteiger partial charge in [0.05, 0.1) is 17.3 Å². The van der Waals surface area contributed by atoms with Crippen LogP contribution in [-0.2, 0) is 13.1 Å². The van der Waals surface area contributed by atoms with Crippen LogP contribution in [0.5, 0.6) is 0 Å². The highest BCUT2D eigenvalue weighted by molar-refractivity contribution is 6.33. The molecular weight excluding hydrogens is 266 g/mol. The topological polar surface area (TPSA) is 70.0 Å². The second kappa shape index (κ2) is 5.32. The maximum atomic E-state index is 12.0. The summed E-state index contributed by atoms with van der Waals surface area (Å²) in [7, 11) is 0. The van der Waals surface area contributed by atoms with Crippen LogP contribution >= 0.6 is 11.6 Å². The highest BCUT2D eigenvalue weighted by Crippen LogP contribution is 2.19. The SMILES string of the molecule is CCn1ccc(=O)n(Cc2ccc(Cl)c(N)c2)c1=O. The molecule has 1 aromatic heterocycles. The number of nitrogen functional groups attached to an aromatic ring is 1. The number of aryl methyl sites for hydroxylation is 1. The van der Waals surface area contributed by atoms with Crippen LogP contribution in [0.2, 0.25) is 5.02 Å². The van der Waals surface area contributed by atoms with Gasteiger partial charge < -0.3 is 10.3 Å². The first-order chi connectivity index (χ1) is 9.02. The minimum atomic E-state index is -0.330. The monoisotopic (exact) mass is 279 g/mol. The summed E-state index contributed by atoms with van der Waals surface area (Å²) in [5.41, 5.74) is 6.23. The van der Waals surface area contributed by atoms with Crippen LogP contribution in [0.3, 0.4) is 0 Å².